The molecule has 3 amide bonds. The van der Waals surface area contributed by atoms with Crippen LogP contribution in [0.4, 0.5) is 10.5 Å². The molecule has 0 spiro atoms. The number of carbonyl (C=O) groups excluding carboxylic acids is 2. The van der Waals surface area contributed by atoms with Crippen LogP contribution in [0.3, 0.4) is 0 Å². The maximum atomic E-state index is 13.0. The zero-order valence-corrected chi connectivity index (χ0v) is 16.9. The zero-order valence-electron chi connectivity index (χ0n) is 16.9. The number of hydrogen-bond donors (Lipinski definition) is 2. The lowest BCUT2D eigenvalue weighted by Gasteiger charge is -2.26. The minimum atomic E-state index is -0.133. The molecule has 2 fully saturated rings. The van der Waals surface area contributed by atoms with E-state index in [1.807, 2.05) is 42.2 Å². The molecule has 0 radical (unpaired) electrons. The maximum Gasteiger partial charge on any atom is 0.322 e. The van der Waals surface area contributed by atoms with Crippen LogP contribution < -0.4 is 15.4 Å². The SMILES string of the molecule is COc1ccc(C2CCCN2C(=O)Nc2cc(C(=O)NC3CC3)ccc2C)cc1. The number of methoxy groups -OCH3 is 1. The summed E-state index contributed by atoms with van der Waals surface area (Å²) in [6, 6.07) is 13.5. The number of amides is 3. The first-order chi connectivity index (χ1) is 14.0. The molecule has 2 aliphatic rings. The Hall–Kier alpha value is -3.02. The van der Waals surface area contributed by atoms with E-state index in [0.717, 1.165) is 42.6 Å². The average Bonchev–Trinajstić information content (AvgIpc) is 3.40. The number of rotatable bonds is 5. The van der Waals surface area contributed by atoms with Crippen LogP contribution in [0.2, 0.25) is 0 Å². The van der Waals surface area contributed by atoms with E-state index in [-0.39, 0.29) is 18.0 Å². The molecule has 1 aliphatic carbocycles. The molecule has 0 bridgehead atoms. The van der Waals surface area contributed by atoms with Crippen molar-refractivity contribution in [1.82, 2.24) is 10.2 Å². The molecule has 2 aromatic rings. The molecule has 1 atom stereocenters. The number of anilines is 1. The number of urea groups is 1. The van der Waals surface area contributed by atoms with Crippen molar-refractivity contribution >= 4 is 17.6 Å². The topological polar surface area (TPSA) is 70.7 Å². The fourth-order valence-corrected chi connectivity index (χ4v) is 3.76. The molecular weight excluding hydrogens is 366 g/mol. The van der Waals surface area contributed by atoms with Crippen molar-refractivity contribution < 1.29 is 14.3 Å². The van der Waals surface area contributed by atoms with Gasteiger partial charge in [0.2, 0.25) is 0 Å². The van der Waals surface area contributed by atoms with E-state index < -0.39 is 0 Å². The number of hydrogen-bond acceptors (Lipinski definition) is 3. The van der Waals surface area contributed by atoms with Crippen LogP contribution in [0.25, 0.3) is 0 Å². The Morgan fingerprint density at radius 1 is 1.07 bits per heavy atom. The minimum Gasteiger partial charge on any atom is -0.497 e. The second-order valence-electron chi connectivity index (χ2n) is 7.83. The first kappa shape index (κ1) is 19.3. The number of nitrogens with zero attached hydrogens (tertiary/aromatic N) is 1. The summed E-state index contributed by atoms with van der Waals surface area (Å²) >= 11 is 0. The summed E-state index contributed by atoms with van der Waals surface area (Å²) in [5, 5.41) is 6.01. The molecule has 0 aromatic heterocycles. The number of benzene rings is 2. The highest BCUT2D eigenvalue weighted by Crippen LogP contribution is 2.33. The van der Waals surface area contributed by atoms with E-state index in [4.69, 9.17) is 4.74 Å². The lowest BCUT2D eigenvalue weighted by atomic mass is 10.0. The van der Waals surface area contributed by atoms with Gasteiger partial charge in [-0.1, -0.05) is 18.2 Å². The Morgan fingerprint density at radius 3 is 2.52 bits per heavy atom. The first-order valence-corrected chi connectivity index (χ1v) is 10.2. The molecule has 1 saturated heterocycles. The predicted octanol–water partition coefficient (Wildman–Crippen LogP) is 4.26. The van der Waals surface area contributed by atoms with Gasteiger partial charge in [0.1, 0.15) is 5.75 Å². The van der Waals surface area contributed by atoms with Crippen LogP contribution in [0, 0.1) is 6.92 Å². The monoisotopic (exact) mass is 393 g/mol. The van der Waals surface area contributed by atoms with Gasteiger partial charge in [-0.2, -0.15) is 0 Å². The molecule has 29 heavy (non-hydrogen) atoms. The van der Waals surface area contributed by atoms with Crippen LogP contribution in [-0.4, -0.2) is 36.5 Å². The van der Waals surface area contributed by atoms with Gasteiger partial charge in [-0.05, 0) is 68.0 Å². The highest BCUT2D eigenvalue weighted by atomic mass is 16.5. The van der Waals surface area contributed by atoms with E-state index >= 15 is 0 Å². The Balaban J connectivity index is 1.48. The smallest absolute Gasteiger partial charge is 0.322 e. The Kier molecular flexibility index (Phi) is 5.43. The van der Waals surface area contributed by atoms with E-state index in [0.29, 0.717) is 23.8 Å². The van der Waals surface area contributed by atoms with Crippen LogP contribution in [0.1, 0.15) is 53.2 Å². The summed E-state index contributed by atoms with van der Waals surface area (Å²) in [7, 11) is 1.64. The van der Waals surface area contributed by atoms with Gasteiger partial charge in [0.15, 0.2) is 0 Å². The van der Waals surface area contributed by atoms with Crippen LogP contribution in [-0.2, 0) is 0 Å². The molecule has 6 nitrogen and oxygen atoms in total. The third-order valence-electron chi connectivity index (χ3n) is 5.67. The molecule has 6 heteroatoms. The van der Waals surface area contributed by atoms with Crippen molar-refractivity contribution in [2.24, 2.45) is 0 Å². The van der Waals surface area contributed by atoms with Gasteiger partial charge < -0.3 is 20.3 Å². The Labute approximate surface area is 171 Å². The highest BCUT2D eigenvalue weighted by molar-refractivity contribution is 5.97. The highest BCUT2D eigenvalue weighted by Gasteiger charge is 2.30. The largest absolute Gasteiger partial charge is 0.497 e. The third kappa shape index (κ3) is 4.36. The third-order valence-corrected chi connectivity index (χ3v) is 5.67. The van der Waals surface area contributed by atoms with Crippen LogP contribution in [0.15, 0.2) is 42.5 Å². The number of likely N-dealkylation sites (tertiary alicyclic amines) is 1. The Bertz CT molecular complexity index is 906. The fourth-order valence-electron chi connectivity index (χ4n) is 3.76. The van der Waals surface area contributed by atoms with Gasteiger partial charge in [0.05, 0.1) is 13.2 Å². The van der Waals surface area contributed by atoms with Gasteiger partial charge >= 0.3 is 6.03 Å². The van der Waals surface area contributed by atoms with Gasteiger partial charge in [-0.15, -0.1) is 0 Å². The number of carbonyl (C=O) groups is 2. The average molecular weight is 393 g/mol. The van der Waals surface area contributed by atoms with Gasteiger partial charge in [0.25, 0.3) is 5.91 Å². The molecule has 2 N–H and O–H groups in total. The summed E-state index contributed by atoms with van der Waals surface area (Å²) in [5.74, 6) is 0.722. The van der Waals surface area contributed by atoms with E-state index in [9.17, 15) is 9.59 Å². The summed E-state index contributed by atoms with van der Waals surface area (Å²) in [4.78, 5) is 27.3. The van der Waals surface area contributed by atoms with Crippen molar-refractivity contribution in [2.45, 2.75) is 44.7 Å². The molecule has 4 rings (SSSR count). The maximum absolute atomic E-state index is 13.0. The quantitative estimate of drug-likeness (QED) is 0.797. The molecular formula is C23H27N3O3. The molecule has 1 aliphatic heterocycles. The van der Waals surface area contributed by atoms with Gasteiger partial charge in [0, 0.05) is 23.8 Å². The van der Waals surface area contributed by atoms with E-state index in [1.54, 1.807) is 19.2 Å². The fraction of sp³-hybridized carbons (Fsp3) is 0.391. The second kappa shape index (κ2) is 8.15. The lowest BCUT2D eigenvalue weighted by Crippen LogP contribution is -2.34. The van der Waals surface area contributed by atoms with Crippen molar-refractivity contribution in [3.8, 4) is 5.75 Å². The van der Waals surface area contributed by atoms with Crippen molar-refractivity contribution in [2.75, 3.05) is 19.0 Å². The lowest BCUT2D eigenvalue weighted by molar-refractivity contribution is 0.0951. The summed E-state index contributed by atoms with van der Waals surface area (Å²) in [5.41, 5.74) is 3.29. The van der Waals surface area contributed by atoms with Gasteiger partial charge in [-0.3, -0.25) is 4.79 Å². The van der Waals surface area contributed by atoms with Crippen LogP contribution in [0.5, 0.6) is 5.75 Å². The first-order valence-electron chi connectivity index (χ1n) is 10.2. The normalized spacial score (nSPS) is 18.4. The standard InChI is InChI=1S/C23H27N3O3/c1-15-5-6-17(22(27)24-18-9-10-18)14-20(15)25-23(28)26-13-3-4-21(26)16-7-11-19(29-2)12-8-16/h5-8,11-12,14,18,21H,3-4,9-10,13H2,1-2H3,(H,24,27)(H,25,28). The van der Waals surface area contributed by atoms with Crippen molar-refractivity contribution in [3.63, 3.8) is 0 Å². The van der Waals surface area contributed by atoms with Crippen LogP contribution >= 0.6 is 0 Å². The second-order valence-corrected chi connectivity index (χ2v) is 7.83. The summed E-state index contributed by atoms with van der Waals surface area (Å²) < 4.78 is 5.23. The number of ether oxygens (including phenoxy) is 1. The number of nitrogens with one attached hydrogen (secondary N) is 2. The van der Waals surface area contributed by atoms with Crippen molar-refractivity contribution in [3.05, 3.63) is 59.2 Å². The van der Waals surface area contributed by atoms with Gasteiger partial charge in [-0.25, -0.2) is 4.79 Å². The summed E-state index contributed by atoms with van der Waals surface area (Å²) in [6.45, 7) is 2.65. The molecule has 1 saturated carbocycles. The zero-order chi connectivity index (χ0) is 20.4. The summed E-state index contributed by atoms with van der Waals surface area (Å²) in [6.07, 6.45) is 3.99. The Morgan fingerprint density at radius 2 is 1.83 bits per heavy atom. The molecule has 1 heterocycles. The molecule has 2 aromatic carbocycles. The van der Waals surface area contributed by atoms with E-state index in [1.165, 1.54) is 0 Å². The molecule has 152 valence electrons. The predicted molar refractivity (Wildman–Crippen MR) is 112 cm³/mol. The molecule has 1 unspecified atom stereocenters. The number of aryl methyl sites for hydroxylation is 1. The minimum absolute atomic E-state index is 0.0440. The van der Waals surface area contributed by atoms with E-state index in [2.05, 4.69) is 10.6 Å². The van der Waals surface area contributed by atoms with Crippen molar-refractivity contribution in [1.29, 1.82) is 0 Å².